The van der Waals surface area contributed by atoms with Gasteiger partial charge in [-0.1, -0.05) is 6.08 Å². The second-order valence-electron chi connectivity index (χ2n) is 3.63. The van der Waals surface area contributed by atoms with E-state index in [-0.39, 0.29) is 19.0 Å². The van der Waals surface area contributed by atoms with E-state index in [4.69, 9.17) is 9.84 Å². The topological polar surface area (TPSA) is 83.9 Å². The predicted octanol–water partition coefficient (Wildman–Crippen LogP) is -0.466. The second-order valence-corrected chi connectivity index (χ2v) is 5.71. The Morgan fingerprint density at radius 3 is 2.75 bits per heavy atom. The van der Waals surface area contributed by atoms with Crippen LogP contribution in [0.5, 0.6) is 0 Å². The molecule has 0 aromatic carbocycles. The Morgan fingerprint density at radius 2 is 2.25 bits per heavy atom. The van der Waals surface area contributed by atoms with Crippen LogP contribution in [0.2, 0.25) is 0 Å². The van der Waals surface area contributed by atoms with Gasteiger partial charge in [-0.3, -0.25) is 4.79 Å². The van der Waals surface area contributed by atoms with Crippen LogP contribution in [0.25, 0.3) is 0 Å². The standard InChI is InChI=1S/C9H15NO5S/c1-3-4-16(13,14)10(2)8-6-15-5-7(8)9(11)12/h3,7-8H,1,4-6H2,2H3,(H,11,12). The minimum Gasteiger partial charge on any atom is -0.481 e. The van der Waals surface area contributed by atoms with Crippen molar-refractivity contribution in [2.75, 3.05) is 26.0 Å². The molecule has 0 aromatic heterocycles. The molecule has 0 amide bonds. The fourth-order valence-corrected chi connectivity index (χ4v) is 2.76. The Bertz CT molecular complexity index is 377. The number of likely N-dealkylation sites (N-methyl/N-ethyl adjacent to an activating group) is 1. The van der Waals surface area contributed by atoms with E-state index in [9.17, 15) is 13.2 Å². The van der Waals surface area contributed by atoms with Crippen molar-refractivity contribution in [1.29, 1.82) is 0 Å². The average Bonchev–Trinajstić information content (AvgIpc) is 2.64. The predicted molar refractivity (Wildman–Crippen MR) is 57.5 cm³/mol. The van der Waals surface area contributed by atoms with Crippen molar-refractivity contribution < 1.29 is 23.1 Å². The third-order valence-electron chi connectivity index (χ3n) is 2.60. The zero-order chi connectivity index (χ0) is 12.3. The number of nitrogens with zero attached hydrogens (tertiary/aromatic N) is 1. The molecular weight excluding hydrogens is 234 g/mol. The van der Waals surface area contributed by atoms with Gasteiger partial charge in [0.05, 0.1) is 30.9 Å². The van der Waals surface area contributed by atoms with Crippen LogP contribution < -0.4 is 0 Å². The number of hydrogen-bond acceptors (Lipinski definition) is 4. The first-order valence-corrected chi connectivity index (χ1v) is 6.38. The summed E-state index contributed by atoms with van der Waals surface area (Å²) in [6, 6.07) is -0.637. The van der Waals surface area contributed by atoms with Crippen molar-refractivity contribution in [2.45, 2.75) is 6.04 Å². The van der Waals surface area contributed by atoms with E-state index in [2.05, 4.69) is 6.58 Å². The maximum Gasteiger partial charge on any atom is 0.310 e. The van der Waals surface area contributed by atoms with E-state index in [1.54, 1.807) is 0 Å². The Balaban J connectivity index is 2.84. The van der Waals surface area contributed by atoms with Crippen LogP contribution in [-0.2, 0) is 19.6 Å². The highest BCUT2D eigenvalue weighted by Gasteiger charge is 2.40. The molecule has 1 fully saturated rings. The molecule has 2 unspecified atom stereocenters. The Labute approximate surface area is 94.6 Å². The van der Waals surface area contributed by atoms with Gasteiger partial charge >= 0.3 is 5.97 Å². The van der Waals surface area contributed by atoms with Crippen LogP contribution in [-0.4, -0.2) is 55.9 Å². The van der Waals surface area contributed by atoms with E-state index in [1.807, 2.05) is 0 Å². The Morgan fingerprint density at radius 1 is 1.62 bits per heavy atom. The van der Waals surface area contributed by atoms with Gasteiger partial charge in [-0.15, -0.1) is 6.58 Å². The summed E-state index contributed by atoms with van der Waals surface area (Å²) < 4.78 is 29.5. The summed E-state index contributed by atoms with van der Waals surface area (Å²) >= 11 is 0. The highest BCUT2D eigenvalue weighted by molar-refractivity contribution is 7.89. The third-order valence-corrected chi connectivity index (χ3v) is 4.41. The van der Waals surface area contributed by atoms with Crippen molar-refractivity contribution in [1.82, 2.24) is 4.31 Å². The molecule has 1 aliphatic rings. The Kier molecular flexibility index (Phi) is 4.06. The lowest BCUT2D eigenvalue weighted by Crippen LogP contribution is -2.44. The second kappa shape index (κ2) is 4.94. The van der Waals surface area contributed by atoms with Crippen LogP contribution in [0, 0.1) is 5.92 Å². The maximum absolute atomic E-state index is 11.7. The minimum atomic E-state index is -3.49. The first-order chi connectivity index (χ1) is 7.40. The SMILES string of the molecule is C=CCS(=O)(=O)N(C)C1COCC1C(=O)O. The lowest BCUT2D eigenvalue weighted by Gasteiger charge is -2.24. The normalized spacial score (nSPS) is 25.9. The molecule has 0 aliphatic carbocycles. The molecule has 6 nitrogen and oxygen atoms in total. The summed E-state index contributed by atoms with van der Waals surface area (Å²) in [5.41, 5.74) is 0. The molecular formula is C9H15NO5S. The monoisotopic (exact) mass is 249 g/mol. The van der Waals surface area contributed by atoms with Crippen molar-refractivity contribution in [3.8, 4) is 0 Å². The lowest BCUT2D eigenvalue weighted by molar-refractivity contribution is -0.142. The molecule has 2 atom stereocenters. The lowest BCUT2D eigenvalue weighted by atomic mass is 10.1. The summed E-state index contributed by atoms with van der Waals surface area (Å²) in [6.07, 6.45) is 1.28. The van der Waals surface area contributed by atoms with Gasteiger partial charge in [-0.05, 0) is 0 Å². The molecule has 1 rings (SSSR count). The van der Waals surface area contributed by atoms with Crippen LogP contribution >= 0.6 is 0 Å². The zero-order valence-electron chi connectivity index (χ0n) is 9.00. The number of carbonyl (C=O) groups is 1. The van der Waals surface area contributed by atoms with Gasteiger partial charge in [0.1, 0.15) is 0 Å². The van der Waals surface area contributed by atoms with Crippen molar-refractivity contribution in [3.05, 3.63) is 12.7 Å². The highest BCUT2D eigenvalue weighted by Crippen LogP contribution is 2.21. The van der Waals surface area contributed by atoms with Crippen molar-refractivity contribution in [2.24, 2.45) is 5.92 Å². The number of ether oxygens (including phenoxy) is 1. The summed E-state index contributed by atoms with van der Waals surface area (Å²) in [6.45, 7) is 3.52. The first-order valence-electron chi connectivity index (χ1n) is 4.77. The molecule has 1 saturated heterocycles. The van der Waals surface area contributed by atoms with Gasteiger partial charge in [0.25, 0.3) is 0 Å². The Hall–Kier alpha value is -0.920. The minimum absolute atomic E-state index is 0.0496. The van der Waals surface area contributed by atoms with Gasteiger partial charge in [0.2, 0.25) is 10.0 Å². The number of carboxylic acids is 1. The smallest absolute Gasteiger partial charge is 0.310 e. The molecule has 1 N–H and O–H groups in total. The van der Waals surface area contributed by atoms with Crippen LogP contribution in [0.15, 0.2) is 12.7 Å². The van der Waals surface area contributed by atoms with E-state index < -0.39 is 28.0 Å². The van der Waals surface area contributed by atoms with Gasteiger partial charge in [0, 0.05) is 7.05 Å². The summed E-state index contributed by atoms with van der Waals surface area (Å²) in [5.74, 6) is -2.04. The molecule has 0 bridgehead atoms. The molecule has 0 spiro atoms. The summed E-state index contributed by atoms with van der Waals surface area (Å²) in [5, 5.41) is 8.91. The molecule has 0 radical (unpaired) electrons. The molecule has 92 valence electrons. The first kappa shape index (κ1) is 13.1. The van der Waals surface area contributed by atoms with E-state index >= 15 is 0 Å². The molecule has 0 saturated carbocycles. The fraction of sp³-hybridized carbons (Fsp3) is 0.667. The van der Waals surface area contributed by atoms with E-state index in [0.717, 1.165) is 4.31 Å². The van der Waals surface area contributed by atoms with Gasteiger partial charge in [-0.25, -0.2) is 8.42 Å². The van der Waals surface area contributed by atoms with Gasteiger partial charge in [-0.2, -0.15) is 4.31 Å². The highest BCUT2D eigenvalue weighted by atomic mass is 32.2. The number of hydrogen-bond donors (Lipinski definition) is 1. The van der Waals surface area contributed by atoms with Crippen molar-refractivity contribution >= 4 is 16.0 Å². The molecule has 1 aliphatic heterocycles. The van der Waals surface area contributed by atoms with E-state index in [0.29, 0.717) is 0 Å². The summed E-state index contributed by atoms with van der Waals surface area (Å²) in [7, 11) is -2.12. The molecule has 1 heterocycles. The van der Waals surface area contributed by atoms with Gasteiger partial charge in [0.15, 0.2) is 0 Å². The number of aliphatic carboxylic acids is 1. The summed E-state index contributed by atoms with van der Waals surface area (Å²) in [4.78, 5) is 10.9. The van der Waals surface area contributed by atoms with Crippen LogP contribution in [0.3, 0.4) is 0 Å². The largest absolute Gasteiger partial charge is 0.481 e. The van der Waals surface area contributed by atoms with Crippen LogP contribution in [0.4, 0.5) is 0 Å². The molecule has 0 aromatic rings. The quantitative estimate of drug-likeness (QED) is 0.666. The van der Waals surface area contributed by atoms with Gasteiger partial charge < -0.3 is 9.84 Å². The third kappa shape index (κ3) is 2.60. The van der Waals surface area contributed by atoms with E-state index in [1.165, 1.54) is 13.1 Å². The average molecular weight is 249 g/mol. The zero-order valence-corrected chi connectivity index (χ0v) is 9.81. The number of carboxylic acid groups (broad SMARTS) is 1. The number of sulfonamides is 1. The van der Waals surface area contributed by atoms with Crippen LogP contribution in [0.1, 0.15) is 0 Å². The molecule has 7 heteroatoms. The number of rotatable bonds is 5. The molecule has 16 heavy (non-hydrogen) atoms. The maximum atomic E-state index is 11.7. The fourth-order valence-electron chi connectivity index (χ4n) is 1.61. The van der Waals surface area contributed by atoms with Crippen molar-refractivity contribution in [3.63, 3.8) is 0 Å².